The van der Waals surface area contributed by atoms with Crippen molar-refractivity contribution in [2.45, 2.75) is 32.9 Å². The number of hydrogen-bond donors (Lipinski definition) is 1. The molecule has 6 nitrogen and oxygen atoms in total. The van der Waals surface area contributed by atoms with E-state index in [0.717, 1.165) is 31.7 Å². The standard InChI is InChI=1S/C15H24N4O2/c1-3-19(4-2)15(16)18-10-12-5-7-17-14(9-12)21-13-6-8-20-11-13/h5,7,9,13H,3-4,6,8,10-11H2,1-2H3,(H2,16,18). The van der Waals surface area contributed by atoms with Gasteiger partial charge < -0.3 is 20.1 Å². The predicted molar refractivity (Wildman–Crippen MR) is 82.3 cm³/mol. The zero-order valence-corrected chi connectivity index (χ0v) is 12.8. The number of nitrogens with zero attached hydrogens (tertiary/aromatic N) is 3. The second-order valence-corrected chi connectivity index (χ2v) is 4.95. The molecule has 2 rings (SSSR count). The van der Waals surface area contributed by atoms with Gasteiger partial charge in [-0.05, 0) is 25.5 Å². The van der Waals surface area contributed by atoms with E-state index in [2.05, 4.69) is 23.8 Å². The number of guanidine groups is 1. The Bertz CT molecular complexity index is 468. The van der Waals surface area contributed by atoms with Crippen LogP contribution >= 0.6 is 0 Å². The quantitative estimate of drug-likeness (QED) is 0.634. The Morgan fingerprint density at radius 3 is 3.00 bits per heavy atom. The van der Waals surface area contributed by atoms with Gasteiger partial charge in [0.15, 0.2) is 5.96 Å². The summed E-state index contributed by atoms with van der Waals surface area (Å²) in [7, 11) is 0. The van der Waals surface area contributed by atoms with Crippen molar-refractivity contribution in [2.24, 2.45) is 10.7 Å². The van der Waals surface area contributed by atoms with Crippen molar-refractivity contribution < 1.29 is 9.47 Å². The summed E-state index contributed by atoms with van der Waals surface area (Å²) >= 11 is 0. The van der Waals surface area contributed by atoms with Crippen molar-refractivity contribution in [3.8, 4) is 5.88 Å². The van der Waals surface area contributed by atoms with Crippen molar-refractivity contribution >= 4 is 5.96 Å². The molecule has 1 aromatic heterocycles. The van der Waals surface area contributed by atoms with Gasteiger partial charge in [0.25, 0.3) is 0 Å². The molecule has 1 atom stereocenters. The summed E-state index contributed by atoms with van der Waals surface area (Å²) in [4.78, 5) is 10.7. The minimum atomic E-state index is 0.108. The maximum atomic E-state index is 5.97. The van der Waals surface area contributed by atoms with Gasteiger partial charge >= 0.3 is 0 Å². The second-order valence-electron chi connectivity index (χ2n) is 4.95. The molecular weight excluding hydrogens is 268 g/mol. The monoisotopic (exact) mass is 292 g/mol. The van der Waals surface area contributed by atoms with E-state index in [1.54, 1.807) is 6.20 Å². The van der Waals surface area contributed by atoms with Gasteiger partial charge in [-0.3, -0.25) is 0 Å². The highest BCUT2D eigenvalue weighted by atomic mass is 16.5. The third-order valence-corrected chi connectivity index (χ3v) is 3.49. The van der Waals surface area contributed by atoms with Crippen LogP contribution in [0.4, 0.5) is 0 Å². The van der Waals surface area contributed by atoms with Gasteiger partial charge in [-0.25, -0.2) is 9.98 Å². The van der Waals surface area contributed by atoms with E-state index in [0.29, 0.717) is 25.0 Å². The summed E-state index contributed by atoms with van der Waals surface area (Å²) in [5, 5.41) is 0. The number of aromatic nitrogens is 1. The van der Waals surface area contributed by atoms with Crippen LogP contribution in [0.25, 0.3) is 0 Å². The molecule has 2 N–H and O–H groups in total. The summed E-state index contributed by atoms with van der Waals surface area (Å²) in [5.41, 5.74) is 7.01. The first-order valence-electron chi connectivity index (χ1n) is 7.47. The number of nitrogens with two attached hydrogens (primary N) is 1. The Labute approximate surface area is 126 Å². The average Bonchev–Trinajstić information content (AvgIpc) is 3.00. The van der Waals surface area contributed by atoms with Gasteiger partial charge in [0.1, 0.15) is 6.10 Å². The first-order chi connectivity index (χ1) is 10.2. The zero-order chi connectivity index (χ0) is 15.1. The van der Waals surface area contributed by atoms with Crippen LogP contribution in [-0.2, 0) is 11.3 Å². The fourth-order valence-corrected chi connectivity index (χ4v) is 2.21. The van der Waals surface area contributed by atoms with E-state index in [-0.39, 0.29) is 6.10 Å². The molecule has 0 saturated carbocycles. The Kier molecular flexibility index (Phi) is 5.80. The van der Waals surface area contributed by atoms with Crippen molar-refractivity contribution in [3.63, 3.8) is 0 Å². The van der Waals surface area contributed by atoms with Crippen LogP contribution in [0.15, 0.2) is 23.3 Å². The maximum absolute atomic E-state index is 5.97. The molecule has 1 aromatic rings. The molecule has 6 heteroatoms. The van der Waals surface area contributed by atoms with Crippen molar-refractivity contribution in [1.82, 2.24) is 9.88 Å². The molecule has 0 aromatic carbocycles. The highest BCUT2D eigenvalue weighted by Gasteiger charge is 2.17. The fourth-order valence-electron chi connectivity index (χ4n) is 2.21. The second kappa shape index (κ2) is 7.83. The van der Waals surface area contributed by atoms with Crippen LogP contribution in [0.3, 0.4) is 0 Å². The van der Waals surface area contributed by atoms with E-state index >= 15 is 0 Å². The number of hydrogen-bond acceptors (Lipinski definition) is 4. The van der Waals surface area contributed by atoms with Crippen LogP contribution in [0.5, 0.6) is 5.88 Å². The van der Waals surface area contributed by atoms with Gasteiger partial charge in [0, 0.05) is 31.8 Å². The average molecular weight is 292 g/mol. The van der Waals surface area contributed by atoms with Gasteiger partial charge in [-0.2, -0.15) is 0 Å². The Hall–Kier alpha value is -1.82. The summed E-state index contributed by atoms with van der Waals surface area (Å²) < 4.78 is 11.1. The largest absolute Gasteiger partial charge is 0.472 e. The third kappa shape index (κ3) is 4.60. The molecule has 1 aliphatic heterocycles. The molecule has 1 fully saturated rings. The highest BCUT2D eigenvalue weighted by molar-refractivity contribution is 5.77. The molecule has 1 saturated heterocycles. The summed E-state index contributed by atoms with van der Waals surface area (Å²) in [6.07, 6.45) is 2.76. The SMILES string of the molecule is CCN(CC)C(N)=NCc1ccnc(OC2CCOC2)c1. The Morgan fingerprint density at radius 2 is 2.33 bits per heavy atom. The molecule has 0 aliphatic carbocycles. The molecular formula is C15H24N4O2. The lowest BCUT2D eigenvalue weighted by Gasteiger charge is -2.19. The van der Waals surface area contributed by atoms with E-state index in [1.165, 1.54) is 0 Å². The van der Waals surface area contributed by atoms with Gasteiger partial charge in [-0.1, -0.05) is 0 Å². The molecule has 0 amide bonds. The van der Waals surface area contributed by atoms with Gasteiger partial charge in [0.2, 0.25) is 5.88 Å². The highest BCUT2D eigenvalue weighted by Crippen LogP contribution is 2.16. The molecule has 0 bridgehead atoms. The third-order valence-electron chi connectivity index (χ3n) is 3.49. The summed E-state index contributed by atoms with van der Waals surface area (Å²) in [6.45, 7) is 7.77. The maximum Gasteiger partial charge on any atom is 0.213 e. The lowest BCUT2D eigenvalue weighted by atomic mass is 10.2. The fraction of sp³-hybridized carbons (Fsp3) is 0.600. The normalized spacial score (nSPS) is 18.8. The molecule has 2 heterocycles. The first kappa shape index (κ1) is 15.6. The van der Waals surface area contributed by atoms with Crippen LogP contribution in [0.1, 0.15) is 25.8 Å². The zero-order valence-electron chi connectivity index (χ0n) is 12.8. The number of aliphatic imine (C=N–C) groups is 1. The summed E-state index contributed by atoms with van der Waals surface area (Å²) in [6, 6.07) is 3.84. The smallest absolute Gasteiger partial charge is 0.213 e. The molecule has 0 spiro atoms. The molecule has 116 valence electrons. The Morgan fingerprint density at radius 1 is 1.52 bits per heavy atom. The van der Waals surface area contributed by atoms with E-state index in [9.17, 15) is 0 Å². The van der Waals surface area contributed by atoms with Gasteiger partial charge in [-0.15, -0.1) is 0 Å². The first-order valence-corrected chi connectivity index (χ1v) is 7.47. The van der Waals surface area contributed by atoms with Crippen LogP contribution in [0.2, 0.25) is 0 Å². The minimum Gasteiger partial charge on any atom is -0.472 e. The van der Waals surface area contributed by atoms with Crippen LogP contribution in [0, 0.1) is 0 Å². The van der Waals surface area contributed by atoms with Crippen LogP contribution in [-0.4, -0.2) is 48.3 Å². The van der Waals surface area contributed by atoms with Crippen LogP contribution < -0.4 is 10.5 Å². The van der Waals surface area contributed by atoms with Crippen molar-refractivity contribution in [3.05, 3.63) is 23.9 Å². The molecule has 1 unspecified atom stereocenters. The Balaban J connectivity index is 1.95. The molecule has 1 aliphatic rings. The van der Waals surface area contributed by atoms with E-state index in [1.807, 2.05) is 17.0 Å². The summed E-state index contributed by atoms with van der Waals surface area (Å²) in [5.74, 6) is 1.20. The predicted octanol–water partition coefficient (Wildman–Crippen LogP) is 1.41. The number of ether oxygens (including phenoxy) is 2. The van der Waals surface area contributed by atoms with Crippen molar-refractivity contribution in [2.75, 3.05) is 26.3 Å². The topological polar surface area (TPSA) is 73.0 Å². The molecule has 21 heavy (non-hydrogen) atoms. The lowest BCUT2D eigenvalue weighted by Crippen LogP contribution is -2.37. The van der Waals surface area contributed by atoms with Gasteiger partial charge in [0.05, 0.1) is 19.8 Å². The van der Waals surface area contributed by atoms with Crippen molar-refractivity contribution in [1.29, 1.82) is 0 Å². The number of pyridine rings is 1. The lowest BCUT2D eigenvalue weighted by molar-refractivity contribution is 0.138. The van der Waals surface area contributed by atoms with E-state index in [4.69, 9.17) is 15.2 Å². The minimum absolute atomic E-state index is 0.108. The number of rotatable bonds is 6. The van der Waals surface area contributed by atoms with E-state index < -0.39 is 0 Å². The molecule has 0 radical (unpaired) electrons.